The van der Waals surface area contributed by atoms with Gasteiger partial charge in [-0.1, -0.05) is 136 Å². The zero-order valence-corrected chi connectivity index (χ0v) is 31.9. The smallest absolute Gasteiger partial charge is 0.383 e. The van der Waals surface area contributed by atoms with Gasteiger partial charge in [0.1, 0.15) is 12.7 Å². The predicted octanol–water partition coefficient (Wildman–Crippen LogP) is 7.98. The molecule has 2 atom stereocenters. The van der Waals surface area contributed by atoms with Crippen LogP contribution in [-0.4, -0.2) is 97.0 Å². The highest BCUT2D eigenvalue weighted by atomic mass is 16.6. The van der Waals surface area contributed by atoms with Gasteiger partial charge in [0.15, 0.2) is 6.10 Å². The van der Waals surface area contributed by atoms with E-state index < -0.39 is 42.3 Å². The van der Waals surface area contributed by atoms with Crippen molar-refractivity contribution in [3.63, 3.8) is 0 Å². The second kappa shape index (κ2) is 30.9. The number of hydrogen-bond acceptors (Lipinski definition) is 9. The van der Waals surface area contributed by atoms with Gasteiger partial charge in [-0.2, -0.15) is 0 Å². The number of aliphatic hydroxyl groups is 1. The minimum atomic E-state index is -1.59. The minimum Gasteiger partial charge on any atom is -0.463 e. The zero-order valence-electron chi connectivity index (χ0n) is 31.9. The van der Waals surface area contributed by atoms with E-state index in [2.05, 4.69) is 35.4 Å². The topological polar surface area (TPSA) is 113 Å². The molecular weight excluding hydrogens is 620 g/mol. The molecule has 0 amide bonds. The highest BCUT2D eigenvalue weighted by molar-refractivity contribution is 6.65. The van der Waals surface area contributed by atoms with E-state index in [0.29, 0.717) is 6.42 Å². The molecule has 1 fully saturated rings. The molecule has 9 heteroatoms. The average Bonchev–Trinajstić information content (AvgIpc) is 3.35. The number of Topliss-reactive ketones (excluding diaryl/α,β-unsaturated/α-hetero) is 2. The van der Waals surface area contributed by atoms with Crippen molar-refractivity contribution in [3.8, 4) is 0 Å². The number of carbonyl (C=O) groups is 4. The summed E-state index contributed by atoms with van der Waals surface area (Å²) in [5.74, 6) is -4.14. The van der Waals surface area contributed by atoms with Gasteiger partial charge >= 0.3 is 17.7 Å². The number of carbonyl (C=O) groups excluding carboxylic acids is 4. The van der Waals surface area contributed by atoms with Crippen LogP contribution in [0.1, 0.15) is 174 Å². The van der Waals surface area contributed by atoms with Crippen LogP contribution in [0.5, 0.6) is 0 Å². The first-order chi connectivity index (χ1) is 23.8. The van der Waals surface area contributed by atoms with Crippen LogP contribution in [0.25, 0.3) is 0 Å². The zero-order chi connectivity index (χ0) is 36.0. The van der Waals surface area contributed by atoms with Crippen LogP contribution in [0.2, 0.25) is 0 Å². The van der Waals surface area contributed by atoms with Crippen LogP contribution < -0.4 is 0 Å². The van der Waals surface area contributed by atoms with Gasteiger partial charge in [-0.25, -0.2) is 4.79 Å². The molecule has 0 saturated carbocycles. The fraction of sp³-hybridized carbons (Fsp3) is 0.900. The van der Waals surface area contributed by atoms with E-state index >= 15 is 0 Å². The molecule has 1 saturated heterocycles. The molecule has 0 aromatic carbocycles. The number of hydrogen-bond donors (Lipinski definition) is 1. The van der Waals surface area contributed by atoms with Crippen LogP contribution in [0, 0.1) is 0 Å². The Morgan fingerprint density at radius 2 is 1.04 bits per heavy atom. The van der Waals surface area contributed by atoms with Crippen molar-refractivity contribution in [3.05, 3.63) is 0 Å². The summed E-state index contributed by atoms with van der Waals surface area (Å²) in [6.45, 7) is 9.62. The van der Waals surface area contributed by atoms with E-state index in [9.17, 15) is 24.3 Å². The summed E-state index contributed by atoms with van der Waals surface area (Å²) >= 11 is 0. The van der Waals surface area contributed by atoms with Crippen molar-refractivity contribution in [2.45, 2.75) is 187 Å². The quantitative estimate of drug-likeness (QED) is 0.0401. The van der Waals surface area contributed by atoms with Crippen molar-refractivity contribution < 1.29 is 33.8 Å². The van der Waals surface area contributed by atoms with Gasteiger partial charge in [-0.15, -0.1) is 0 Å². The molecular formula is C40H74N2O7. The normalized spacial score (nSPS) is 15.5. The highest BCUT2D eigenvalue weighted by Crippen LogP contribution is 2.14. The molecule has 2 unspecified atom stereocenters. The van der Waals surface area contributed by atoms with Crippen molar-refractivity contribution >= 4 is 23.5 Å². The second-order valence-electron chi connectivity index (χ2n) is 14.4. The van der Waals surface area contributed by atoms with Crippen LogP contribution in [0.15, 0.2) is 0 Å². The van der Waals surface area contributed by atoms with E-state index in [0.717, 1.165) is 39.0 Å². The van der Waals surface area contributed by atoms with Gasteiger partial charge in [-0.05, 0) is 71.9 Å². The lowest BCUT2D eigenvalue weighted by Crippen LogP contribution is -2.37. The summed E-state index contributed by atoms with van der Waals surface area (Å²) in [6, 6.07) is 0. The van der Waals surface area contributed by atoms with Crippen LogP contribution >= 0.6 is 0 Å². The van der Waals surface area contributed by atoms with Crippen LogP contribution in [-0.2, 0) is 28.7 Å². The third-order valence-electron chi connectivity index (χ3n) is 9.76. The fourth-order valence-corrected chi connectivity index (χ4v) is 6.53. The maximum absolute atomic E-state index is 12.2. The number of nitrogens with zero attached hydrogens (tertiary/aromatic N) is 2. The third kappa shape index (κ3) is 24.1. The molecule has 1 heterocycles. The van der Waals surface area contributed by atoms with Gasteiger partial charge in [0, 0.05) is 6.42 Å². The largest absolute Gasteiger partial charge is 0.463 e. The number of unbranched alkanes of at least 4 members (excludes halogenated alkanes) is 20. The fourth-order valence-electron chi connectivity index (χ4n) is 6.53. The lowest BCUT2D eigenvalue weighted by molar-refractivity contribution is -0.156. The molecule has 1 aliphatic heterocycles. The maximum atomic E-state index is 12.2. The standard InChI is InChI=1S/C40H74N2O7/c1-4-6-8-10-12-14-16-18-20-24-29-41(3)30-27-33-42(31-25-21-19-17-15-13-11-9-7-5-2)32-26-22-23-28-36(44)48-34-35(43)39-37(45)38(46)40(47)49-39/h35,39,43H,4-34H2,1-3H3. The number of cyclic esters (lactones) is 1. The number of ether oxygens (including phenoxy) is 2. The first-order valence-corrected chi connectivity index (χ1v) is 20.3. The van der Waals surface area contributed by atoms with Crippen LogP contribution in [0.4, 0.5) is 0 Å². The highest BCUT2D eigenvalue weighted by Gasteiger charge is 2.46. The molecule has 0 aromatic rings. The van der Waals surface area contributed by atoms with E-state index in [1.54, 1.807) is 0 Å². The summed E-state index contributed by atoms with van der Waals surface area (Å²) in [7, 11) is 2.26. The van der Waals surface area contributed by atoms with E-state index in [4.69, 9.17) is 4.74 Å². The van der Waals surface area contributed by atoms with Gasteiger partial charge in [-0.3, -0.25) is 14.4 Å². The second-order valence-corrected chi connectivity index (χ2v) is 14.4. The van der Waals surface area contributed by atoms with E-state index in [-0.39, 0.29) is 6.42 Å². The van der Waals surface area contributed by atoms with Crippen molar-refractivity contribution in [2.24, 2.45) is 0 Å². The summed E-state index contributed by atoms with van der Waals surface area (Å²) in [5, 5.41) is 10.0. The lowest BCUT2D eigenvalue weighted by atomic mass is 10.1. The Morgan fingerprint density at radius 3 is 1.51 bits per heavy atom. The SMILES string of the molecule is CCCCCCCCCCCCN(C)CCCN(CCCCCCCCCCCC)CCCCCC(=O)OCC(O)C1OC(=O)C(=O)C1=O. The van der Waals surface area contributed by atoms with Gasteiger partial charge in [0.25, 0.3) is 5.78 Å². The maximum Gasteiger partial charge on any atom is 0.383 e. The number of aliphatic hydroxyl groups excluding tert-OH is 1. The molecule has 49 heavy (non-hydrogen) atoms. The third-order valence-corrected chi connectivity index (χ3v) is 9.76. The Morgan fingerprint density at radius 1 is 0.633 bits per heavy atom. The predicted molar refractivity (Wildman–Crippen MR) is 198 cm³/mol. The molecule has 0 bridgehead atoms. The van der Waals surface area contributed by atoms with Crippen molar-refractivity contribution in [2.75, 3.05) is 46.4 Å². The average molecular weight is 695 g/mol. The molecule has 1 N–H and O–H groups in total. The van der Waals surface area contributed by atoms with E-state index in [1.165, 1.54) is 141 Å². The molecule has 0 spiro atoms. The minimum absolute atomic E-state index is 0.215. The first-order valence-electron chi connectivity index (χ1n) is 20.3. The van der Waals surface area contributed by atoms with E-state index in [1.807, 2.05) is 0 Å². The molecule has 9 nitrogen and oxygen atoms in total. The summed E-state index contributed by atoms with van der Waals surface area (Å²) < 4.78 is 9.65. The van der Waals surface area contributed by atoms with Crippen molar-refractivity contribution in [1.29, 1.82) is 0 Å². The lowest BCUT2D eigenvalue weighted by Gasteiger charge is -2.24. The summed E-state index contributed by atoms with van der Waals surface area (Å²) in [4.78, 5) is 51.5. The first kappa shape index (κ1) is 45.2. The number of ketones is 2. The molecule has 1 rings (SSSR count). The molecule has 1 aliphatic rings. The van der Waals surface area contributed by atoms with Crippen molar-refractivity contribution in [1.82, 2.24) is 9.80 Å². The molecule has 0 radical (unpaired) electrons. The summed E-state index contributed by atoms with van der Waals surface area (Å²) in [5.41, 5.74) is 0. The van der Waals surface area contributed by atoms with Gasteiger partial charge in [0.05, 0.1) is 0 Å². The Hall–Kier alpha value is -1.84. The molecule has 0 aromatic heterocycles. The Bertz CT molecular complexity index is 868. The monoisotopic (exact) mass is 695 g/mol. The Labute approximate surface area is 299 Å². The molecule has 286 valence electrons. The van der Waals surface area contributed by atoms with Crippen LogP contribution in [0.3, 0.4) is 0 Å². The number of esters is 2. The Kier molecular flexibility index (Phi) is 28.5. The van der Waals surface area contributed by atoms with Gasteiger partial charge in [0.2, 0.25) is 0 Å². The Balaban J connectivity index is 2.26. The summed E-state index contributed by atoms with van der Waals surface area (Å²) in [6.07, 6.45) is 28.0. The van der Waals surface area contributed by atoms with Gasteiger partial charge < -0.3 is 24.4 Å². The number of rotatable bonds is 35. The molecule has 0 aliphatic carbocycles.